The van der Waals surface area contributed by atoms with Crippen molar-refractivity contribution in [2.24, 2.45) is 5.92 Å². The quantitative estimate of drug-likeness (QED) is 0.895. The molecule has 1 fully saturated rings. The summed E-state index contributed by atoms with van der Waals surface area (Å²) >= 11 is 7.28. The highest BCUT2D eigenvalue weighted by Crippen LogP contribution is 2.28. The lowest BCUT2D eigenvalue weighted by molar-refractivity contribution is -0.122. The third kappa shape index (κ3) is 3.60. The first-order valence-electron chi connectivity index (χ1n) is 7.76. The molecule has 1 atom stereocenters. The third-order valence-corrected chi connectivity index (χ3v) is 5.01. The summed E-state index contributed by atoms with van der Waals surface area (Å²) in [7, 11) is 0. The standard InChI is InChI=1S/C17H18ClN3O2S/c1-10(2)14-9-24-17(19-14)20-16(23)11-7-15(22)21(8-11)13-5-3-12(18)4-6-13/h3-6,9-11H,7-8H2,1-2H3,(H,19,20,23)/t11-/m0/s1. The summed E-state index contributed by atoms with van der Waals surface area (Å²) < 4.78 is 0. The number of hydrogen-bond acceptors (Lipinski definition) is 4. The lowest BCUT2D eigenvalue weighted by Crippen LogP contribution is -2.28. The number of benzene rings is 1. The van der Waals surface area contributed by atoms with E-state index in [9.17, 15) is 9.59 Å². The number of rotatable bonds is 4. The zero-order chi connectivity index (χ0) is 17.3. The summed E-state index contributed by atoms with van der Waals surface area (Å²) in [5, 5.41) is 5.97. The smallest absolute Gasteiger partial charge is 0.231 e. The van der Waals surface area contributed by atoms with Gasteiger partial charge < -0.3 is 10.2 Å². The molecule has 2 aromatic rings. The highest BCUT2D eigenvalue weighted by molar-refractivity contribution is 7.13. The molecule has 0 aliphatic carbocycles. The van der Waals surface area contributed by atoms with E-state index >= 15 is 0 Å². The monoisotopic (exact) mass is 363 g/mol. The van der Waals surface area contributed by atoms with Crippen LogP contribution in [-0.2, 0) is 9.59 Å². The van der Waals surface area contributed by atoms with Gasteiger partial charge in [0.15, 0.2) is 5.13 Å². The van der Waals surface area contributed by atoms with Gasteiger partial charge in [-0.3, -0.25) is 9.59 Å². The summed E-state index contributed by atoms with van der Waals surface area (Å²) in [5.74, 6) is -0.274. The number of thiazole rings is 1. The van der Waals surface area contributed by atoms with Crippen LogP contribution in [0, 0.1) is 5.92 Å². The summed E-state index contributed by atoms with van der Waals surface area (Å²) in [6, 6.07) is 7.05. The minimum atomic E-state index is -0.375. The average molecular weight is 364 g/mol. The van der Waals surface area contributed by atoms with E-state index in [2.05, 4.69) is 24.1 Å². The Kier molecular flexibility index (Phi) is 4.87. The Morgan fingerprint density at radius 1 is 1.38 bits per heavy atom. The number of hydrogen-bond donors (Lipinski definition) is 1. The summed E-state index contributed by atoms with van der Waals surface area (Å²) in [6.07, 6.45) is 0.205. The first kappa shape index (κ1) is 16.9. The van der Waals surface area contributed by atoms with Gasteiger partial charge in [0.05, 0.1) is 11.6 Å². The minimum Gasteiger partial charge on any atom is -0.312 e. The second kappa shape index (κ2) is 6.91. The maximum absolute atomic E-state index is 12.4. The SMILES string of the molecule is CC(C)c1csc(NC(=O)[C@H]2CC(=O)N(c3ccc(Cl)cc3)C2)n1. The number of nitrogens with zero attached hydrogens (tertiary/aromatic N) is 2. The van der Waals surface area contributed by atoms with Crippen LogP contribution in [0.2, 0.25) is 5.02 Å². The summed E-state index contributed by atoms with van der Waals surface area (Å²) in [4.78, 5) is 30.7. The minimum absolute atomic E-state index is 0.0560. The van der Waals surface area contributed by atoms with Crippen LogP contribution in [0.15, 0.2) is 29.6 Å². The molecular weight excluding hydrogens is 346 g/mol. The molecule has 7 heteroatoms. The van der Waals surface area contributed by atoms with E-state index in [1.807, 2.05) is 5.38 Å². The molecule has 1 aliphatic rings. The van der Waals surface area contributed by atoms with Gasteiger partial charge in [0.25, 0.3) is 0 Å². The van der Waals surface area contributed by atoms with Gasteiger partial charge in [-0.05, 0) is 30.2 Å². The molecule has 3 rings (SSSR count). The van der Waals surface area contributed by atoms with Crippen LogP contribution >= 0.6 is 22.9 Å². The highest BCUT2D eigenvalue weighted by atomic mass is 35.5. The molecule has 2 amide bonds. The topological polar surface area (TPSA) is 62.3 Å². The van der Waals surface area contributed by atoms with Crippen molar-refractivity contribution < 1.29 is 9.59 Å². The Morgan fingerprint density at radius 3 is 2.71 bits per heavy atom. The van der Waals surface area contributed by atoms with Gasteiger partial charge in [0.2, 0.25) is 11.8 Å². The van der Waals surface area contributed by atoms with Crippen molar-refractivity contribution in [3.05, 3.63) is 40.4 Å². The van der Waals surface area contributed by atoms with Crippen molar-refractivity contribution in [2.45, 2.75) is 26.2 Å². The van der Waals surface area contributed by atoms with Gasteiger partial charge >= 0.3 is 0 Å². The molecule has 5 nitrogen and oxygen atoms in total. The van der Waals surface area contributed by atoms with E-state index in [0.717, 1.165) is 11.4 Å². The van der Waals surface area contributed by atoms with Gasteiger partial charge in [-0.2, -0.15) is 0 Å². The molecule has 1 saturated heterocycles. The zero-order valence-corrected chi connectivity index (χ0v) is 15.0. The second-order valence-electron chi connectivity index (χ2n) is 6.10. The first-order valence-corrected chi connectivity index (χ1v) is 9.02. The van der Waals surface area contributed by atoms with E-state index in [-0.39, 0.29) is 24.2 Å². The fourth-order valence-corrected chi connectivity index (χ4v) is 3.57. The number of halogens is 1. The highest BCUT2D eigenvalue weighted by Gasteiger charge is 2.35. The second-order valence-corrected chi connectivity index (χ2v) is 7.40. The number of carbonyl (C=O) groups is 2. The average Bonchev–Trinajstić information content (AvgIpc) is 3.15. The summed E-state index contributed by atoms with van der Waals surface area (Å²) in [6.45, 7) is 4.48. The van der Waals surface area contributed by atoms with Crippen molar-refractivity contribution in [3.63, 3.8) is 0 Å². The van der Waals surface area contributed by atoms with Gasteiger partial charge in [-0.15, -0.1) is 11.3 Å². The van der Waals surface area contributed by atoms with Crippen molar-refractivity contribution >= 4 is 45.6 Å². The van der Waals surface area contributed by atoms with Crippen molar-refractivity contribution in [3.8, 4) is 0 Å². The Labute approximate surface area is 149 Å². The number of nitrogens with one attached hydrogen (secondary N) is 1. The van der Waals surface area contributed by atoms with E-state index in [1.165, 1.54) is 11.3 Å². The van der Waals surface area contributed by atoms with Gasteiger partial charge in [-0.25, -0.2) is 4.98 Å². The number of aromatic nitrogens is 1. The van der Waals surface area contributed by atoms with E-state index in [0.29, 0.717) is 22.6 Å². The molecule has 1 aliphatic heterocycles. The molecule has 0 saturated carbocycles. The van der Waals surface area contributed by atoms with Crippen LogP contribution < -0.4 is 10.2 Å². The van der Waals surface area contributed by atoms with Crippen LogP contribution in [0.4, 0.5) is 10.8 Å². The first-order chi connectivity index (χ1) is 11.4. The molecule has 1 aromatic heterocycles. The normalized spacial score (nSPS) is 17.6. The van der Waals surface area contributed by atoms with Crippen LogP contribution in [0.3, 0.4) is 0 Å². The maximum Gasteiger partial charge on any atom is 0.231 e. The molecule has 1 aromatic carbocycles. The summed E-state index contributed by atoms with van der Waals surface area (Å²) in [5.41, 5.74) is 1.72. The van der Waals surface area contributed by atoms with Crippen LogP contribution in [0.1, 0.15) is 31.9 Å². The molecule has 2 heterocycles. The van der Waals surface area contributed by atoms with Gasteiger partial charge in [0.1, 0.15) is 0 Å². The Balaban J connectivity index is 1.66. The fraction of sp³-hybridized carbons (Fsp3) is 0.353. The van der Waals surface area contributed by atoms with Gasteiger partial charge in [-0.1, -0.05) is 25.4 Å². The molecule has 126 valence electrons. The molecule has 24 heavy (non-hydrogen) atoms. The molecule has 0 unspecified atom stereocenters. The lowest BCUT2D eigenvalue weighted by atomic mass is 10.1. The molecular formula is C17H18ClN3O2S. The Bertz CT molecular complexity index is 757. The predicted octanol–water partition coefficient (Wildman–Crippen LogP) is 3.91. The van der Waals surface area contributed by atoms with Crippen LogP contribution in [0.5, 0.6) is 0 Å². The van der Waals surface area contributed by atoms with Crippen LogP contribution in [0.25, 0.3) is 0 Å². The third-order valence-electron chi connectivity index (χ3n) is 3.98. The number of anilines is 2. The fourth-order valence-electron chi connectivity index (χ4n) is 2.57. The van der Waals surface area contributed by atoms with Crippen molar-refractivity contribution in [2.75, 3.05) is 16.8 Å². The van der Waals surface area contributed by atoms with Gasteiger partial charge in [0, 0.05) is 29.1 Å². The largest absolute Gasteiger partial charge is 0.312 e. The van der Waals surface area contributed by atoms with E-state index in [4.69, 9.17) is 11.6 Å². The zero-order valence-electron chi connectivity index (χ0n) is 13.5. The van der Waals surface area contributed by atoms with E-state index < -0.39 is 0 Å². The molecule has 0 spiro atoms. The maximum atomic E-state index is 12.4. The Hall–Kier alpha value is -1.92. The van der Waals surface area contributed by atoms with E-state index in [1.54, 1.807) is 29.2 Å². The lowest BCUT2D eigenvalue weighted by Gasteiger charge is -2.16. The molecule has 0 bridgehead atoms. The molecule has 1 N–H and O–H groups in total. The van der Waals surface area contributed by atoms with Crippen molar-refractivity contribution in [1.29, 1.82) is 0 Å². The number of amides is 2. The van der Waals surface area contributed by atoms with Crippen molar-refractivity contribution in [1.82, 2.24) is 4.98 Å². The predicted molar refractivity (Wildman–Crippen MR) is 96.7 cm³/mol. The molecule has 0 radical (unpaired) electrons. The van der Waals surface area contributed by atoms with Crippen LogP contribution in [-0.4, -0.2) is 23.3 Å². The Morgan fingerprint density at radius 2 is 2.08 bits per heavy atom. The number of carbonyl (C=O) groups excluding carboxylic acids is 2.